The second-order valence-corrected chi connectivity index (χ2v) is 9.49. The van der Waals surface area contributed by atoms with Crippen LogP contribution in [0.15, 0.2) is 36.4 Å². The fourth-order valence-electron chi connectivity index (χ4n) is 3.90. The summed E-state index contributed by atoms with van der Waals surface area (Å²) in [5.74, 6) is 0.767. The number of ether oxygens (including phenoxy) is 2. The maximum atomic E-state index is 13.6. The van der Waals surface area contributed by atoms with Crippen molar-refractivity contribution in [3.63, 3.8) is 0 Å². The first kappa shape index (κ1) is 23.7. The molecule has 2 heterocycles. The van der Waals surface area contributed by atoms with Crippen molar-refractivity contribution in [3.8, 4) is 5.75 Å². The molecule has 33 heavy (non-hydrogen) atoms. The predicted molar refractivity (Wildman–Crippen MR) is 135 cm³/mol. The summed E-state index contributed by atoms with van der Waals surface area (Å²) in [5.41, 5.74) is 3.95. The van der Waals surface area contributed by atoms with Gasteiger partial charge in [0.05, 0.1) is 30.0 Å². The maximum absolute atomic E-state index is 13.6. The molecule has 0 saturated carbocycles. The Morgan fingerprint density at radius 2 is 1.85 bits per heavy atom. The molecule has 0 spiro atoms. The molecule has 6 nitrogen and oxygen atoms in total. The van der Waals surface area contributed by atoms with Gasteiger partial charge in [0.1, 0.15) is 5.75 Å². The topological polar surface area (TPSA) is 54.9 Å². The molecule has 2 aromatic carbocycles. The lowest BCUT2D eigenvalue weighted by atomic mass is 10.1. The van der Waals surface area contributed by atoms with Crippen molar-refractivity contribution in [3.05, 3.63) is 53.1 Å². The van der Waals surface area contributed by atoms with E-state index in [0.29, 0.717) is 18.7 Å². The zero-order valence-electron chi connectivity index (χ0n) is 19.8. The first-order chi connectivity index (χ1) is 16.1. The Balaban J connectivity index is 1.58. The van der Waals surface area contributed by atoms with Crippen molar-refractivity contribution in [2.75, 3.05) is 50.9 Å². The summed E-state index contributed by atoms with van der Waals surface area (Å²) in [6, 6.07) is 11.7. The van der Waals surface area contributed by atoms with Crippen LogP contribution in [0.4, 0.5) is 5.13 Å². The number of aryl methyl sites for hydroxylation is 2. The van der Waals surface area contributed by atoms with Gasteiger partial charge >= 0.3 is 0 Å². The van der Waals surface area contributed by atoms with E-state index in [0.717, 1.165) is 72.4 Å². The van der Waals surface area contributed by atoms with Gasteiger partial charge in [-0.15, -0.1) is 0 Å². The highest BCUT2D eigenvalue weighted by molar-refractivity contribution is 7.22. The fourth-order valence-corrected chi connectivity index (χ4v) is 5.03. The number of hydrogen-bond acceptors (Lipinski definition) is 6. The van der Waals surface area contributed by atoms with E-state index in [-0.39, 0.29) is 5.91 Å². The number of amides is 1. The number of anilines is 1. The van der Waals surface area contributed by atoms with Crippen LogP contribution in [0.5, 0.6) is 5.75 Å². The van der Waals surface area contributed by atoms with E-state index in [4.69, 9.17) is 14.5 Å². The molecule has 0 aliphatic carbocycles. The van der Waals surface area contributed by atoms with Crippen LogP contribution in [0.2, 0.25) is 0 Å². The second kappa shape index (κ2) is 11.1. The van der Waals surface area contributed by atoms with E-state index < -0.39 is 0 Å². The Hall–Kier alpha value is -2.48. The van der Waals surface area contributed by atoms with Crippen molar-refractivity contribution in [2.24, 2.45) is 0 Å². The number of hydrogen-bond donors (Lipinski definition) is 0. The monoisotopic (exact) mass is 467 g/mol. The molecule has 1 aliphatic rings. The number of thiazole rings is 1. The highest BCUT2D eigenvalue weighted by Crippen LogP contribution is 2.33. The van der Waals surface area contributed by atoms with Gasteiger partial charge in [-0.1, -0.05) is 36.8 Å². The molecule has 7 heteroatoms. The minimum atomic E-state index is -0.0299. The number of aromatic nitrogens is 1. The van der Waals surface area contributed by atoms with E-state index in [2.05, 4.69) is 37.8 Å². The number of fused-ring (bicyclic) bond motifs is 1. The summed E-state index contributed by atoms with van der Waals surface area (Å²) in [5, 5.41) is 0.754. The average molecular weight is 468 g/mol. The molecule has 1 fully saturated rings. The lowest BCUT2D eigenvalue weighted by Gasteiger charge is -2.29. The Kier molecular flexibility index (Phi) is 7.96. The van der Waals surface area contributed by atoms with Crippen LogP contribution in [0.25, 0.3) is 10.2 Å². The number of carbonyl (C=O) groups excluding carboxylic acids is 1. The van der Waals surface area contributed by atoms with Crippen LogP contribution in [-0.4, -0.2) is 61.8 Å². The Morgan fingerprint density at radius 3 is 2.55 bits per heavy atom. The van der Waals surface area contributed by atoms with E-state index in [1.807, 2.05) is 29.2 Å². The van der Waals surface area contributed by atoms with Crippen molar-refractivity contribution in [1.82, 2.24) is 9.88 Å². The second-order valence-electron chi connectivity index (χ2n) is 8.51. The van der Waals surface area contributed by atoms with E-state index in [1.54, 1.807) is 11.3 Å². The molecule has 4 rings (SSSR count). The van der Waals surface area contributed by atoms with E-state index in [1.165, 1.54) is 5.56 Å². The minimum absolute atomic E-state index is 0.0299. The third-order valence-electron chi connectivity index (χ3n) is 6.02. The van der Waals surface area contributed by atoms with Crippen LogP contribution >= 0.6 is 11.3 Å². The molecule has 0 unspecified atom stereocenters. The van der Waals surface area contributed by atoms with Gasteiger partial charge in [-0.2, -0.15) is 0 Å². The molecular formula is C26H33N3O3S. The van der Waals surface area contributed by atoms with Crippen molar-refractivity contribution in [2.45, 2.75) is 33.6 Å². The summed E-state index contributed by atoms with van der Waals surface area (Å²) < 4.78 is 12.4. The number of unbranched alkanes of at least 4 members (excludes halogenated alkanes) is 1. The van der Waals surface area contributed by atoms with Gasteiger partial charge in [0, 0.05) is 31.7 Å². The molecule has 0 atom stereocenters. The van der Waals surface area contributed by atoms with Crippen LogP contribution in [-0.2, 0) is 4.74 Å². The van der Waals surface area contributed by atoms with E-state index in [9.17, 15) is 4.79 Å². The molecule has 1 aliphatic heterocycles. The number of benzene rings is 2. The Labute approximate surface area is 200 Å². The maximum Gasteiger partial charge on any atom is 0.260 e. The Morgan fingerprint density at radius 1 is 1.12 bits per heavy atom. The van der Waals surface area contributed by atoms with Gasteiger partial charge in [0.25, 0.3) is 5.91 Å². The summed E-state index contributed by atoms with van der Waals surface area (Å²) in [7, 11) is 0. The average Bonchev–Trinajstić information content (AvgIpc) is 3.29. The van der Waals surface area contributed by atoms with Crippen LogP contribution in [0.1, 0.15) is 41.3 Å². The standard InChI is InChI=1S/C26H33N3O3S/c1-4-5-16-32-22-10-8-21(9-11-22)25(30)29(13-12-28-14-17-31-18-15-28)26-27-23-19(2)6-7-20(3)24(23)33-26/h6-11H,4-5,12-18H2,1-3H3. The first-order valence-corrected chi connectivity index (χ1v) is 12.6. The third kappa shape index (κ3) is 5.72. The summed E-state index contributed by atoms with van der Waals surface area (Å²) in [6.45, 7) is 11.7. The minimum Gasteiger partial charge on any atom is -0.494 e. The number of nitrogens with zero attached hydrogens (tertiary/aromatic N) is 3. The molecule has 176 valence electrons. The summed E-state index contributed by atoms with van der Waals surface area (Å²) in [6.07, 6.45) is 2.11. The lowest BCUT2D eigenvalue weighted by molar-refractivity contribution is 0.0391. The molecule has 0 bridgehead atoms. The van der Waals surface area contributed by atoms with Crippen molar-refractivity contribution >= 4 is 32.6 Å². The normalized spacial score (nSPS) is 14.5. The number of carbonyl (C=O) groups is 1. The zero-order valence-corrected chi connectivity index (χ0v) is 20.6. The zero-order chi connectivity index (χ0) is 23.2. The third-order valence-corrected chi connectivity index (χ3v) is 7.23. The Bertz CT molecular complexity index is 1040. The van der Waals surface area contributed by atoms with Crippen molar-refractivity contribution < 1.29 is 14.3 Å². The quantitative estimate of drug-likeness (QED) is 0.411. The van der Waals surface area contributed by atoms with Gasteiger partial charge in [0.2, 0.25) is 0 Å². The molecule has 1 aromatic heterocycles. The molecule has 0 N–H and O–H groups in total. The molecule has 0 radical (unpaired) electrons. The number of rotatable bonds is 9. The largest absolute Gasteiger partial charge is 0.494 e. The molecular weight excluding hydrogens is 434 g/mol. The molecule has 1 amide bonds. The summed E-state index contributed by atoms with van der Waals surface area (Å²) >= 11 is 1.60. The number of morpholine rings is 1. The molecule has 3 aromatic rings. The first-order valence-electron chi connectivity index (χ1n) is 11.8. The highest BCUT2D eigenvalue weighted by atomic mass is 32.1. The smallest absolute Gasteiger partial charge is 0.260 e. The van der Waals surface area contributed by atoms with Gasteiger partial charge in [0.15, 0.2) is 5.13 Å². The van der Waals surface area contributed by atoms with Crippen molar-refractivity contribution in [1.29, 1.82) is 0 Å². The van der Waals surface area contributed by atoms with Gasteiger partial charge in [-0.3, -0.25) is 14.6 Å². The lowest BCUT2D eigenvalue weighted by Crippen LogP contribution is -2.43. The SMILES string of the molecule is CCCCOc1ccc(C(=O)N(CCN2CCOCC2)c2nc3c(C)ccc(C)c3s2)cc1. The van der Waals surface area contributed by atoms with Crippen LogP contribution < -0.4 is 9.64 Å². The van der Waals surface area contributed by atoms with E-state index >= 15 is 0 Å². The van der Waals surface area contributed by atoms with Crippen LogP contribution in [0, 0.1) is 13.8 Å². The predicted octanol–water partition coefficient (Wildman–Crippen LogP) is 5.07. The van der Waals surface area contributed by atoms with Crippen LogP contribution in [0.3, 0.4) is 0 Å². The fraction of sp³-hybridized carbons (Fsp3) is 0.462. The van der Waals surface area contributed by atoms with Gasteiger partial charge in [-0.25, -0.2) is 4.98 Å². The van der Waals surface area contributed by atoms with Gasteiger partial charge < -0.3 is 9.47 Å². The summed E-state index contributed by atoms with van der Waals surface area (Å²) in [4.78, 5) is 22.7. The molecule has 1 saturated heterocycles. The highest BCUT2D eigenvalue weighted by Gasteiger charge is 2.23. The van der Waals surface area contributed by atoms with Gasteiger partial charge in [-0.05, 0) is 55.7 Å².